The number of benzene rings is 2. The number of carbonyl (C=O) groups is 1. The fraction of sp³-hybridized carbons (Fsp3) is 0.312. The molecule has 1 amide bonds. The summed E-state index contributed by atoms with van der Waals surface area (Å²) in [5.74, 6) is 0. The van der Waals surface area contributed by atoms with Gasteiger partial charge in [-0.3, -0.25) is 0 Å². The fourth-order valence-electron chi connectivity index (χ4n) is 2.71. The molecule has 20 heavy (non-hydrogen) atoms. The summed E-state index contributed by atoms with van der Waals surface area (Å²) in [5.41, 5.74) is 1.21. The van der Waals surface area contributed by atoms with Crippen molar-refractivity contribution >= 4 is 16.9 Å². The van der Waals surface area contributed by atoms with Gasteiger partial charge in [-0.05, 0) is 23.4 Å². The highest BCUT2D eigenvalue weighted by atomic mass is 16.6. The Morgan fingerprint density at radius 1 is 1.25 bits per heavy atom. The van der Waals surface area contributed by atoms with Gasteiger partial charge in [0.15, 0.2) is 0 Å². The van der Waals surface area contributed by atoms with Gasteiger partial charge in [0, 0.05) is 6.54 Å². The lowest BCUT2D eigenvalue weighted by molar-refractivity contribution is 0.156. The lowest BCUT2D eigenvalue weighted by Gasteiger charge is -2.23. The van der Waals surface area contributed by atoms with Gasteiger partial charge in [-0.25, -0.2) is 4.79 Å². The minimum Gasteiger partial charge on any atom is -0.448 e. The van der Waals surface area contributed by atoms with Crippen molar-refractivity contribution in [1.82, 2.24) is 10.2 Å². The number of fused-ring (bicyclic) bond motifs is 1. The summed E-state index contributed by atoms with van der Waals surface area (Å²) in [7, 11) is 1.92. The van der Waals surface area contributed by atoms with Gasteiger partial charge in [0.1, 0.15) is 6.61 Å². The Bertz CT molecular complexity index is 621. The van der Waals surface area contributed by atoms with E-state index in [9.17, 15) is 4.79 Å². The van der Waals surface area contributed by atoms with Crippen LogP contribution in [0.4, 0.5) is 4.79 Å². The predicted octanol–water partition coefficient (Wildman–Crippen LogP) is 2.55. The molecule has 1 aliphatic heterocycles. The van der Waals surface area contributed by atoms with Gasteiger partial charge in [0.2, 0.25) is 0 Å². The quantitative estimate of drug-likeness (QED) is 0.928. The number of likely N-dealkylation sites (N-methyl/N-ethyl adjacent to an activating group) is 1. The van der Waals surface area contributed by atoms with Crippen molar-refractivity contribution in [1.29, 1.82) is 0 Å². The molecule has 4 heteroatoms. The summed E-state index contributed by atoms with van der Waals surface area (Å²) >= 11 is 0. The number of amides is 1. The normalized spacial score (nSPS) is 16.4. The Labute approximate surface area is 118 Å². The second-order valence-corrected chi connectivity index (χ2v) is 4.97. The summed E-state index contributed by atoms with van der Waals surface area (Å²) in [5, 5.41) is 5.75. The molecule has 1 saturated heterocycles. The molecule has 1 atom stereocenters. The number of rotatable bonds is 4. The van der Waals surface area contributed by atoms with Gasteiger partial charge < -0.3 is 15.0 Å². The number of cyclic esters (lactones) is 1. The van der Waals surface area contributed by atoms with E-state index >= 15 is 0 Å². The Morgan fingerprint density at radius 2 is 2.05 bits per heavy atom. The lowest BCUT2D eigenvalue weighted by atomic mass is 9.98. The van der Waals surface area contributed by atoms with E-state index in [4.69, 9.17) is 4.74 Å². The Hall–Kier alpha value is -2.07. The monoisotopic (exact) mass is 270 g/mol. The molecule has 0 bridgehead atoms. The largest absolute Gasteiger partial charge is 0.448 e. The average molecular weight is 270 g/mol. The Kier molecular flexibility index (Phi) is 3.56. The van der Waals surface area contributed by atoms with Crippen LogP contribution in [0.15, 0.2) is 42.5 Å². The summed E-state index contributed by atoms with van der Waals surface area (Å²) < 4.78 is 4.99. The zero-order chi connectivity index (χ0) is 13.9. The first-order valence-corrected chi connectivity index (χ1v) is 6.86. The van der Waals surface area contributed by atoms with Crippen LogP contribution in [0.25, 0.3) is 10.8 Å². The van der Waals surface area contributed by atoms with Crippen LogP contribution in [0.3, 0.4) is 0 Å². The summed E-state index contributed by atoms with van der Waals surface area (Å²) in [4.78, 5) is 13.3. The molecular weight excluding hydrogens is 252 g/mol. The van der Waals surface area contributed by atoms with Gasteiger partial charge in [-0.1, -0.05) is 42.5 Å². The van der Waals surface area contributed by atoms with Gasteiger partial charge in [0.25, 0.3) is 0 Å². The van der Waals surface area contributed by atoms with Crippen LogP contribution in [0.1, 0.15) is 11.6 Å². The molecule has 0 aromatic heterocycles. The Balaban J connectivity index is 1.93. The molecule has 2 aromatic carbocycles. The molecule has 1 N–H and O–H groups in total. The summed E-state index contributed by atoms with van der Waals surface area (Å²) in [6.07, 6.45) is -0.217. The van der Waals surface area contributed by atoms with E-state index in [1.807, 2.05) is 19.2 Å². The van der Waals surface area contributed by atoms with Crippen molar-refractivity contribution < 1.29 is 9.53 Å². The summed E-state index contributed by atoms with van der Waals surface area (Å²) in [6.45, 7) is 1.79. The molecule has 1 fully saturated rings. The number of nitrogens with one attached hydrogen (secondary N) is 1. The van der Waals surface area contributed by atoms with Crippen LogP contribution >= 0.6 is 0 Å². The molecule has 4 nitrogen and oxygen atoms in total. The molecule has 0 radical (unpaired) electrons. The molecule has 1 heterocycles. The highest BCUT2D eigenvalue weighted by Gasteiger charge is 2.25. The van der Waals surface area contributed by atoms with Crippen LogP contribution in [0.2, 0.25) is 0 Å². The average Bonchev–Trinajstić information content (AvgIpc) is 2.89. The topological polar surface area (TPSA) is 41.6 Å². The smallest absolute Gasteiger partial charge is 0.410 e. The van der Waals surface area contributed by atoms with Crippen LogP contribution in [0.5, 0.6) is 0 Å². The predicted molar refractivity (Wildman–Crippen MR) is 78.7 cm³/mol. The van der Waals surface area contributed by atoms with Crippen molar-refractivity contribution in [3.63, 3.8) is 0 Å². The lowest BCUT2D eigenvalue weighted by Crippen LogP contribution is -2.34. The highest BCUT2D eigenvalue weighted by Crippen LogP contribution is 2.25. The van der Waals surface area contributed by atoms with E-state index in [0.717, 1.165) is 0 Å². The maximum absolute atomic E-state index is 11.6. The standard InChI is InChI=1S/C16H18N2O2/c1-17-15(11-18-9-10-20-16(18)19)14-8-4-6-12-5-2-3-7-13(12)14/h2-8,15,17H,9-11H2,1H3. The molecule has 1 aliphatic rings. The second-order valence-electron chi connectivity index (χ2n) is 4.97. The van der Waals surface area contributed by atoms with Crippen molar-refractivity contribution in [2.24, 2.45) is 0 Å². The fourth-order valence-corrected chi connectivity index (χ4v) is 2.71. The Morgan fingerprint density at radius 3 is 2.80 bits per heavy atom. The molecule has 0 spiro atoms. The van der Waals surface area contributed by atoms with Crippen molar-refractivity contribution in [3.05, 3.63) is 48.0 Å². The van der Waals surface area contributed by atoms with Gasteiger partial charge >= 0.3 is 6.09 Å². The molecule has 0 saturated carbocycles. The van der Waals surface area contributed by atoms with Crippen LogP contribution in [-0.2, 0) is 4.74 Å². The van der Waals surface area contributed by atoms with E-state index in [2.05, 4.69) is 35.6 Å². The first-order valence-electron chi connectivity index (χ1n) is 6.86. The van der Waals surface area contributed by atoms with E-state index in [0.29, 0.717) is 19.7 Å². The minimum absolute atomic E-state index is 0.103. The third-order valence-electron chi connectivity index (χ3n) is 3.80. The second kappa shape index (κ2) is 5.51. The van der Waals surface area contributed by atoms with E-state index < -0.39 is 0 Å². The molecule has 1 unspecified atom stereocenters. The zero-order valence-corrected chi connectivity index (χ0v) is 11.5. The number of nitrogens with zero attached hydrogens (tertiary/aromatic N) is 1. The number of ether oxygens (including phenoxy) is 1. The highest BCUT2D eigenvalue weighted by molar-refractivity contribution is 5.86. The number of hydrogen-bond acceptors (Lipinski definition) is 3. The molecule has 104 valence electrons. The number of hydrogen-bond donors (Lipinski definition) is 1. The third-order valence-corrected chi connectivity index (χ3v) is 3.80. The molecule has 2 aromatic rings. The zero-order valence-electron chi connectivity index (χ0n) is 11.5. The first-order chi connectivity index (χ1) is 9.79. The molecule has 0 aliphatic carbocycles. The maximum atomic E-state index is 11.6. The van der Waals surface area contributed by atoms with Crippen molar-refractivity contribution in [2.75, 3.05) is 26.7 Å². The van der Waals surface area contributed by atoms with E-state index in [1.54, 1.807) is 4.90 Å². The summed E-state index contributed by atoms with van der Waals surface area (Å²) in [6, 6.07) is 14.7. The first kappa shape index (κ1) is 12.9. The van der Waals surface area contributed by atoms with Crippen molar-refractivity contribution in [2.45, 2.75) is 6.04 Å². The molecular formula is C16H18N2O2. The minimum atomic E-state index is -0.217. The van der Waals surface area contributed by atoms with Crippen LogP contribution in [0, 0.1) is 0 Å². The van der Waals surface area contributed by atoms with Gasteiger partial charge in [0.05, 0.1) is 12.6 Å². The van der Waals surface area contributed by atoms with Crippen LogP contribution in [-0.4, -0.2) is 37.7 Å². The van der Waals surface area contributed by atoms with Crippen LogP contribution < -0.4 is 5.32 Å². The SMILES string of the molecule is CNC(CN1CCOC1=O)c1cccc2ccccc12. The third kappa shape index (κ3) is 2.34. The van der Waals surface area contributed by atoms with Gasteiger partial charge in [-0.15, -0.1) is 0 Å². The number of carbonyl (C=O) groups excluding carboxylic acids is 1. The van der Waals surface area contributed by atoms with E-state index in [1.165, 1.54) is 16.3 Å². The van der Waals surface area contributed by atoms with Crippen molar-refractivity contribution in [3.8, 4) is 0 Å². The molecule has 3 rings (SSSR count). The maximum Gasteiger partial charge on any atom is 0.410 e. The van der Waals surface area contributed by atoms with Gasteiger partial charge in [-0.2, -0.15) is 0 Å². The van der Waals surface area contributed by atoms with E-state index in [-0.39, 0.29) is 12.1 Å².